The first-order valence-electron chi connectivity index (χ1n) is 9.38. The van der Waals surface area contributed by atoms with Crippen molar-refractivity contribution in [2.24, 2.45) is 4.99 Å². The van der Waals surface area contributed by atoms with Crippen molar-refractivity contribution in [3.05, 3.63) is 65.2 Å². The minimum atomic E-state index is -4.53. The number of nitrogens with zero attached hydrogens (tertiary/aromatic N) is 2. The Balaban J connectivity index is 1.37. The monoisotopic (exact) mass is 433 g/mol. The second-order valence-corrected chi connectivity index (χ2v) is 8.28. The number of amidine groups is 1. The normalized spacial score (nSPS) is 19.8. The number of halogens is 3. The molecule has 0 aliphatic carbocycles. The lowest BCUT2D eigenvalue weighted by Gasteiger charge is -2.16. The summed E-state index contributed by atoms with van der Waals surface area (Å²) in [5, 5.41) is 2.07. The Labute approximate surface area is 175 Å². The molecule has 4 rings (SSSR count). The molecule has 2 aliphatic heterocycles. The standard InChI is InChI=1S/C21H18F3N3O2S/c22-21(23,24)15-7-3-4-8-16(15)25-20-26-19(29)17(30-20)9-10-18(28)27-11-13-5-1-2-6-14(13)12-27/h1-8,17H,9-12H2,(H,25,26,29). The fourth-order valence-electron chi connectivity index (χ4n) is 3.49. The van der Waals surface area contributed by atoms with Gasteiger partial charge in [0.25, 0.3) is 0 Å². The number of fused-ring (bicyclic) bond motifs is 1. The van der Waals surface area contributed by atoms with Crippen LogP contribution in [0.25, 0.3) is 0 Å². The van der Waals surface area contributed by atoms with E-state index in [1.54, 1.807) is 4.90 Å². The lowest BCUT2D eigenvalue weighted by molar-refractivity contribution is -0.137. The molecular formula is C21H18F3N3O2S. The van der Waals surface area contributed by atoms with E-state index in [1.165, 1.54) is 18.2 Å². The summed E-state index contributed by atoms with van der Waals surface area (Å²) >= 11 is 1.06. The third kappa shape index (κ3) is 4.35. The maximum atomic E-state index is 13.1. The third-order valence-electron chi connectivity index (χ3n) is 5.02. The van der Waals surface area contributed by atoms with Crippen molar-refractivity contribution >= 4 is 34.4 Å². The SMILES string of the molecule is O=C1NC(=Nc2ccccc2C(F)(F)F)SC1CCC(=O)N1Cc2ccccc2C1. The molecule has 2 aromatic carbocycles. The number of amides is 2. The van der Waals surface area contributed by atoms with Gasteiger partial charge in [-0.3, -0.25) is 9.59 Å². The molecule has 1 saturated heterocycles. The highest BCUT2D eigenvalue weighted by atomic mass is 32.2. The molecule has 2 aromatic rings. The summed E-state index contributed by atoms with van der Waals surface area (Å²) in [5.41, 5.74) is 1.13. The summed E-state index contributed by atoms with van der Waals surface area (Å²) in [6, 6.07) is 12.8. The van der Waals surface area contributed by atoms with Gasteiger partial charge < -0.3 is 10.2 Å². The van der Waals surface area contributed by atoms with E-state index in [-0.39, 0.29) is 29.1 Å². The van der Waals surface area contributed by atoms with Crippen LogP contribution >= 0.6 is 11.8 Å². The molecule has 2 amide bonds. The molecule has 1 N–H and O–H groups in total. The lowest BCUT2D eigenvalue weighted by atomic mass is 10.1. The van der Waals surface area contributed by atoms with E-state index in [0.29, 0.717) is 19.5 Å². The van der Waals surface area contributed by atoms with Gasteiger partial charge in [0.2, 0.25) is 11.8 Å². The number of alkyl halides is 3. The van der Waals surface area contributed by atoms with Crippen LogP contribution < -0.4 is 5.32 Å². The smallest absolute Gasteiger partial charge is 0.334 e. The number of hydrogen-bond donors (Lipinski definition) is 1. The Morgan fingerprint density at radius 1 is 1.10 bits per heavy atom. The van der Waals surface area contributed by atoms with Crippen LogP contribution in [0.4, 0.5) is 18.9 Å². The van der Waals surface area contributed by atoms with Gasteiger partial charge in [-0.1, -0.05) is 48.2 Å². The summed E-state index contributed by atoms with van der Waals surface area (Å²) in [4.78, 5) is 30.5. The Morgan fingerprint density at radius 3 is 2.40 bits per heavy atom. The molecule has 0 saturated carbocycles. The number of nitrogens with one attached hydrogen (secondary N) is 1. The lowest BCUT2D eigenvalue weighted by Crippen LogP contribution is -2.28. The second kappa shape index (κ2) is 8.14. The van der Waals surface area contributed by atoms with Gasteiger partial charge in [0.05, 0.1) is 16.5 Å². The van der Waals surface area contributed by atoms with E-state index in [4.69, 9.17) is 0 Å². The molecule has 0 spiro atoms. The van der Waals surface area contributed by atoms with Crippen molar-refractivity contribution in [1.29, 1.82) is 0 Å². The summed E-state index contributed by atoms with van der Waals surface area (Å²) in [6.45, 7) is 1.11. The Kier molecular flexibility index (Phi) is 5.55. The Bertz CT molecular complexity index is 998. The van der Waals surface area contributed by atoms with E-state index in [1.807, 2.05) is 24.3 Å². The molecule has 5 nitrogen and oxygen atoms in total. The number of thioether (sulfide) groups is 1. The van der Waals surface area contributed by atoms with Crippen molar-refractivity contribution in [1.82, 2.24) is 10.2 Å². The number of hydrogen-bond acceptors (Lipinski definition) is 4. The largest absolute Gasteiger partial charge is 0.418 e. The van der Waals surface area contributed by atoms with Crippen LogP contribution in [-0.2, 0) is 28.9 Å². The van der Waals surface area contributed by atoms with Crippen molar-refractivity contribution in [2.45, 2.75) is 37.4 Å². The molecule has 0 aromatic heterocycles. The fourth-order valence-corrected chi connectivity index (χ4v) is 4.47. The second-order valence-electron chi connectivity index (χ2n) is 7.08. The average Bonchev–Trinajstić information content (AvgIpc) is 3.29. The van der Waals surface area contributed by atoms with Gasteiger partial charge in [-0.2, -0.15) is 13.2 Å². The Morgan fingerprint density at radius 2 is 1.73 bits per heavy atom. The first kappa shape index (κ1) is 20.5. The first-order valence-corrected chi connectivity index (χ1v) is 10.3. The minimum absolute atomic E-state index is 0.0487. The van der Waals surface area contributed by atoms with E-state index in [2.05, 4.69) is 10.3 Å². The quantitative estimate of drug-likeness (QED) is 0.784. The van der Waals surface area contributed by atoms with Crippen LogP contribution in [0.1, 0.15) is 29.5 Å². The molecule has 1 atom stereocenters. The maximum Gasteiger partial charge on any atom is 0.418 e. The van der Waals surface area contributed by atoms with E-state index in [9.17, 15) is 22.8 Å². The fraction of sp³-hybridized carbons (Fsp3) is 0.286. The molecule has 2 heterocycles. The van der Waals surface area contributed by atoms with Gasteiger partial charge in [0.1, 0.15) is 0 Å². The van der Waals surface area contributed by atoms with Crippen LogP contribution in [-0.4, -0.2) is 27.1 Å². The van der Waals surface area contributed by atoms with Gasteiger partial charge >= 0.3 is 6.18 Å². The van der Waals surface area contributed by atoms with Gasteiger partial charge in [-0.15, -0.1) is 0 Å². The number of para-hydroxylation sites is 1. The molecule has 1 unspecified atom stereocenters. The van der Waals surface area contributed by atoms with Gasteiger partial charge in [0, 0.05) is 19.5 Å². The molecular weight excluding hydrogens is 415 g/mol. The summed E-state index contributed by atoms with van der Waals surface area (Å²) in [6.07, 6.45) is -4.05. The third-order valence-corrected chi connectivity index (χ3v) is 6.17. The molecule has 9 heteroatoms. The molecule has 0 radical (unpaired) electrons. The van der Waals surface area contributed by atoms with Crippen molar-refractivity contribution in [3.8, 4) is 0 Å². The molecule has 156 valence electrons. The number of carbonyl (C=O) groups excluding carboxylic acids is 2. The van der Waals surface area contributed by atoms with Crippen molar-refractivity contribution in [2.75, 3.05) is 0 Å². The zero-order chi connectivity index (χ0) is 21.3. The average molecular weight is 433 g/mol. The number of carbonyl (C=O) groups is 2. The Hall–Kier alpha value is -2.81. The summed E-state index contributed by atoms with van der Waals surface area (Å²) in [7, 11) is 0. The zero-order valence-electron chi connectivity index (χ0n) is 15.8. The predicted molar refractivity (Wildman–Crippen MR) is 108 cm³/mol. The number of aliphatic imine (C=N–C) groups is 1. The molecule has 1 fully saturated rings. The topological polar surface area (TPSA) is 61.8 Å². The van der Waals surface area contributed by atoms with Crippen LogP contribution in [0.15, 0.2) is 53.5 Å². The van der Waals surface area contributed by atoms with Crippen LogP contribution in [0.3, 0.4) is 0 Å². The maximum absolute atomic E-state index is 13.1. The molecule has 2 aliphatic rings. The minimum Gasteiger partial charge on any atom is -0.334 e. The predicted octanol–water partition coefficient (Wildman–Crippen LogP) is 4.25. The summed E-state index contributed by atoms with van der Waals surface area (Å²) < 4.78 is 39.4. The van der Waals surface area contributed by atoms with E-state index in [0.717, 1.165) is 29.0 Å². The van der Waals surface area contributed by atoms with Crippen LogP contribution in [0, 0.1) is 0 Å². The van der Waals surface area contributed by atoms with E-state index < -0.39 is 17.0 Å². The van der Waals surface area contributed by atoms with Gasteiger partial charge in [-0.05, 0) is 29.7 Å². The first-order chi connectivity index (χ1) is 14.3. The number of benzene rings is 2. The van der Waals surface area contributed by atoms with Crippen LogP contribution in [0.5, 0.6) is 0 Å². The van der Waals surface area contributed by atoms with E-state index >= 15 is 0 Å². The summed E-state index contributed by atoms with van der Waals surface area (Å²) in [5.74, 6) is -0.395. The zero-order valence-corrected chi connectivity index (χ0v) is 16.6. The van der Waals surface area contributed by atoms with Gasteiger partial charge in [-0.25, -0.2) is 4.99 Å². The highest BCUT2D eigenvalue weighted by Gasteiger charge is 2.35. The van der Waals surface area contributed by atoms with Crippen molar-refractivity contribution < 1.29 is 22.8 Å². The van der Waals surface area contributed by atoms with Crippen molar-refractivity contribution in [3.63, 3.8) is 0 Å². The van der Waals surface area contributed by atoms with Gasteiger partial charge in [0.15, 0.2) is 5.17 Å². The molecule has 0 bridgehead atoms. The van der Waals surface area contributed by atoms with Crippen LogP contribution in [0.2, 0.25) is 0 Å². The highest BCUT2D eigenvalue weighted by Crippen LogP contribution is 2.37. The highest BCUT2D eigenvalue weighted by molar-refractivity contribution is 8.15. The molecule has 30 heavy (non-hydrogen) atoms. The number of rotatable bonds is 4.